The summed E-state index contributed by atoms with van der Waals surface area (Å²) in [7, 11) is 1.89. The van der Waals surface area contributed by atoms with Gasteiger partial charge in [0.15, 0.2) is 0 Å². The smallest absolute Gasteiger partial charge is 0.410 e. The lowest BCUT2D eigenvalue weighted by Crippen LogP contribution is -2.38. The van der Waals surface area contributed by atoms with Crippen LogP contribution in [0.5, 0.6) is 0 Å². The number of benzene rings is 2. The van der Waals surface area contributed by atoms with Crippen LogP contribution < -0.4 is 5.32 Å². The zero-order valence-corrected chi connectivity index (χ0v) is 21.5. The number of ether oxygens (including phenoxy) is 1. The van der Waals surface area contributed by atoms with Crippen molar-refractivity contribution < 1.29 is 9.53 Å². The molecule has 2 aliphatic carbocycles. The highest BCUT2D eigenvalue weighted by Gasteiger charge is 2.57. The maximum atomic E-state index is 13.6. The van der Waals surface area contributed by atoms with E-state index in [9.17, 15) is 4.79 Å². The first-order chi connectivity index (χ1) is 18.6. The maximum absolute atomic E-state index is 13.6. The molecular weight excluding hydrogens is 476 g/mol. The second-order valence-electron chi connectivity index (χ2n) is 10.6. The molecule has 0 bridgehead atoms. The largest absolute Gasteiger partial charge is 0.448 e. The molecule has 192 valence electrons. The molecule has 0 spiro atoms. The average Bonchev–Trinajstić information content (AvgIpc) is 3.23. The van der Waals surface area contributed by atoms with Crippen LogP contribution in [0, 0.1) is 18.8 Å². The van der Waals surface area contributed by atoms with Gasteiger partial charge in [0, 0.05) is 43.9 Å². The van der Waals surface area contributed by atoms with Crippen LogP contribution in [-0.4, -0.2) is 56.7 Å². The highest BCUT2D eigenvalue weighted by molar-refractivity contribution is 5.79. The first-order valence-corrected chi connectivity index (χ1v) is 13.2. The predicted octanol–water partition coefficient (Wildman–Crippen LogP) is 4.15. The van der Waals surface area contributed by atoms with Gasteiger partial charge in [0.2, 0.25) is 0 Å². The van der Waals surface area contributed by atoms with Crippen molar-refractivity contribution in [1.82, 2.24) is 30.2 Å². The number of nitrogens with zero attached hydrogens (tertiary/aromatic N) is 5. The van der Waals surface area contributed by atoms with Crippen LogP contribution in [0.25, 0.3) is 22.4 Å². The Morgan fingerprint density at radius 2 is 1.66 bits per heavy atom. The van der Waals surface area contributed by atoms with Gasteiger partial charge in [-0.25, -0.2) is 4.79 Å². The van der Waals surface area contributed by atoms with Crippen molar-refractivity contribution in [1.29, 1.82) is 0 Å². The quantitative estimate of drug-likeness (QED) is 0.423. The van der Waals surface area contributed by atoms with Gasteiger partial charge in [-0.3, -0.25) is 9.58 Å². The molecule has 3 atom stereocenters. The lowest BCUT2D eigenvalue weighted by molar-refractivity contribution is 0.0895. The summed E-state index contributed by atoms with van der Waals surface area (Å²) in [6.07, 6.45) is 1.67. The fourth-order valence-corrected chi connectivity index (χ4v) is 6.43. The molecule has 7 rings (SSSR count). The lowest BCUT2D eigenvalue weighted by atomic mass is 9.98. The Kier molecular flexibility index (Phi) is 5.51. The van der Waals surface area contributed by atoms with E-state index >= 15 is 0 Å². The zero-order valence-electron chi connectivity index (χ0n) is 21.5. The minimum absolute atomic E-state index is 0.0374. The van der Waals surface area contributed by atoms with E-state index in [1.807, 2.05) is 37.2 Å². The highest BCUT2D eigenvalue weighted by atomic mass is 16.6. The van der Waals surface area contributed by atoms with Crippen molar-refractivity contribution in [2.75, 3.05) is 19.7 Å². The second kappa shape index (κ2) is 9.06. The number of hydrogen-bond acceptors (Lipinski definition) is 6. The molecule has 0 unspecified atom stereocenters. The predicted molar refractivity (Wildman–Crippen MR) is 143 cm³/mol. The van der Waals surface area contributed by atoms with E-state index in [0.29, 0.717) is 25.0 Å². The van der Waals surface area contributed by atoms with Gasteiger partial charge in [-0.15, -0.1) is 0 Å². The third-order valence-electron chi connectivity index (χ3n) is 8.32. The Labute approximate surface area is 221 Å². The Hall–Kier alpha value is -4.04. The SMILES string of the molecule is Cc1nn(C)cc1-c1ccc(CN(C(=O)OCC2c3ccccc3-c3ccccc32)[C@H]2[C@@H]3CNC[C@@H]32)nn1. The molecule has 3 aliphatic rings. The van der Waals surface area contributed by atoms with E-state index in [2.05, 4.69) is 69.1 Å². The molecule has 8 nitrogen and oxygen atoms in total. The highest BCUT2D eigenvalue weighted by Crippen LogP contribution is 2.47. The number of carbonyl (C=O) groups is 1. The summed E-state index contributed by atoms with van der Waals surface area (Å²) in [5.74, 6) is 0.983. The third-order valence-corrected chi connectivity index (χ3v) is 8.32. The lowest BCUT2D eigenvalue weighted by Gasteiger charge is -2.25. The van der Waals surface area contributed by atoms with Gasteiger partial charge in [-0.05, 0) is 53.1 Å². The van der Waals surface area contributed by atoms with Crippen LogP contribution in [0.2, 0.25) is 0 Å². The van der Waals surface area contributed by atoms with Crippen molar-refractivity contribution >= 4 is 6.09 Å². The third kappa shape index (κ3) is 3.87. The molecule has 0 radical (unpaired) electrons. The first-order valence-electron chi connectivity index (χ1n) is 13.2. The van der Waals surface area contributed by atoms with E-state index in [4.69, 9.17) is 4.74 Å². The van der Waals surface area contributed by atoms with Gasteiger partial charge in [-0.2, -0.15) is 15.3 Å². The number of aryl methyl sites for hydroxylation is 2. The fraction of sp³-hybridized carbons (Fsp3) is 0.333. The molecule has 3 heterocycles. The fourth-order valence-electron chi connectivity index (χ4n) is 6.43. The monoisotopic (exact) mass is 506 g/mol. The van der Waals surface area contributed by atoms with Gasteiger partial charge >= 0.3 is 6.09 Å². The summed E-state index contributed by atoms with van der Waals surface area (Å²) < 4.78 is 7.84. The van der Waals surface area contributed by atoms with Crippen molar-refractivity contribution in [3.05, 3.63) is 89.4 Å². The Bertz CT molecular complexity index is 1460. The summed E-state index contributed by atoms with van der Waals surface area (Å²) >= 11 is 0. The summed E-state index contributed by atoms with van der Waals surface area (Å²) in [6.45, 7) is 4.53. The van der Waals surface area contributed by atoms with Crippen molar-refractivity contribution in [2.24, 2.45) is 18.9 Å². The van der Waals surface area contributed by atoms with Gasteiger partial charge in [-0.1, -0.05) is 48.5 Å². The molecular formula is C30H30N6O2. The maximum Gasteiger partial charge on any atom is 0.410 e. The van der Waals surface area contributed by atoms with Crippen LogP contribution in [0.1, 0.15) is 28.4 Å². The summed E-state index contributed by atoms with van der Waals surface area (Å²) in [5.41, 5.74) is 8.28. The zero-order chi connectivity index (χ0) is 25.8. The van der Waals surface area contributed by atoms with Gasteiger partial charge in [0.1, 0.15) is 6.61 Å². The minimum atomic E-state index is -0.278. The molecule has 1 saturated heterocycles. The number of nitrogens with one attached hydrogen (secondary N) is 1. The van der Waals surface area contributed by atoms with E-state index in [-0.39, 0.29) is 18.1 Å². The molecule has 1 saturated carbocycles. The van der Waals surface area contributed by atoms with E-state index < -0.39 is 0 Å². The van der Waals surface area contributed by atoms with Crippen LogP contribution >= 0.6 is 0 Å². The number of fused-ring (bicyclic) bond motifs is 4. The summed E-state index contributed by atoms with van der Waals surface area (Å²) in [5, 5.41) is 16.8. The number of hydrogen-bond donors (Lipinski definition) is 1. The summed E-state index contributed by atoms with van der Waals surface area (Å²) in [6, 6.07) is 20.9. The molecule has 2 aromatic heterocycles. The number of rotatable bonds is 6. The summed E-state index contributed by atoms with van der Waals surface area (Å²) in [4.78, 5) is 15.5. The van der Waals surface area contributed by atoms with Gasteiger partial charge in [0.05, 0.1) is 23.6 Å². The molecule has 38 heavy (non-hydrogen) atoms. The first kappa shape index (κ1) is 23.1. The normalized spacial score (nSPS) is 21.1. The molecule has 1 amide bonds. The van der Waals surface area contributed by atoms with Gasteiger partial charge in [0.25, 0.3) is 0 Å². The standard InChI is InChI=1S/C30H30N6O2/c1-18-26(16-35(2)34-18)28-12-11-19(32-33-28)15-36(29-24-13-31-14-25(24)29)30(37)38-17-27-22-9-5-3-7-20(22)21-8-4-6-10-23(21)27/h3-12,16,24-25,27,29,31H,13-15,17H2,1-2H3/t24-,25+,29+. The molecule has 4 aromatic rings. The van der Waals surface area contributed by atoms with Crippen LogP contribution in [-0.2, 0) is 18.3 Å². The second-order valence-corrected chi connectivity index (χ2v) is 10.6. The van der Waals surface area contributed by atoms with Crippen molar-refractivity contribution in [3.63, 3.8) is 0 Å². The minimum Gasteiger partial charge on any atom is -0.448 e. The van der Waals surface area contributed by atoms with E-state index in [0.717, 1.165) is 35.7 Å². The molecule has 8 heteroatoms. The average molecular weight is 507 g/mol. The Morgan fingerprint density at radius 3 is 2.26 bits per heavy atom. The van der Waals surface area contributed by atoms with E-state index in [1.54, 1.807) is 4.68 Å². The van der Waals surface area contributed by atoms with Gasteiger partial charge < -0.3 is 10.1 Å². The number of carbonyl (C=O) groups excluding carboxylic acids is 1. The molecule has 1 aliphatic heterocycles. The topological polar surface area (TPSA) is 85.2 Å². The van der Waals surface area contributed by atoms with Crippen LogP contribution in [0.15, 0.2) is 66.9 Å². The molecule has 2 aromatic carbocycles. The Morgan fingerprint density at radius 1 is 0.974 bits per heavy atom. The van der Waals surface area contributed by atoms with Crippen molar-refractivity contribution in [2.45, 2.75) is 25.4 Å². The molecule has 1 N–H and O–H groups in total. The van der Waals surface area contributed by atoms with Crippen molar-refractivity contribution in [3.8, 4) is 22.4 Å². The number of aromatic nitrogens is 4. The van der Waals surface area contributed by atoms with Crippen LogP contribution in [0.3, 0.4) is 0 Å². The Balaban J connectivity index is 1.10. The number of piperidine rings is 1. The van der Waals surface area contributed by atoms with Crippen LogP contribution in [0.4, 0.5) is 4.79 Å². The number of amides is 1. The van der Waals surface area contributed by atoms with E-state index in [1.165, 1.54) is 22.3 Å². The molecule has 2 fully saturated rings.